The van der Waals surface area contributed by atoms with Gasteiger partial charge in [-0.25, -0.2) is 17.8 Å². The van der Waals surface area contributed by atoms with Crippen molar-refractivity contribution in [3.05, 3.63) is 54.6 Å². The van der Waals surface area contributed by atoms with Crippen LogP contribution in [0.2, 0.25) is 0 Å². The highest BCUT2D eigenvalue weighted by molar-refractivity contribution is 7.90. The zero-order chi connectivity index (χ0) is 15.7. The summed E-state index contributed by atoms with van der Waals surface area (Å²) >= 11 is 0. The minimum absolute atomic E-state index is 0.126. The molecule has 0 atom stereocenters. The van der Waals surface area contributed by atoms with Crippen LogP contribution in [0.15, 0.2) is 53.9 Å². The van der Waals surface area contributed by atoms with Crippen molar-refractivity contribution in [3.8, 4) is 22.5 Å². The van der Waals surface area contributed by atoms with Crippen molar-refractivity contribution in [2.24, 2.45) is 0 Å². The number of halogens is 1. The molecule has 0 amide bonds. The second kappa shape index (κ2) is 5.34. The fourth-order valence-corrected chi connectivity index (χ4v) is 2.62. The Hall–Kier alpha value is -2.54. The van der Waals surface area contributed by atoms with Crippen LogP contribution in [0, 0.1) is 5.82 Å². The number of sulfone groups is 1. The molecule has 5 nitrogen and oxygen atoms in total. The molecule has 0 saturated heterocycles. The molecule has 0 aliphatic carbocycles. The van der Waals surface area contributed by atoms with E-state index in [4.69, 9.17) is 0 Å². The van der Waals surface area contributed by atoms with Crippen LogP contribution in [0.5, 0.6) is 0 Å². The van der Waals surface area contributed by atoms with Crippen molar-refractivity contribution >= 4 is 9.84 Å². The molecule has 0 aliphatic heterocycles. The average molecular weight is 317 g/mol. The van der Waals surface area contributed by atoms with E-state index in [-0.39, 0.29) is 11.0 Å². The van der Waals surface area contributed by atoms with E-state index in [0.29, 0.717) is 17.0 Å². The fourth-order valence-electron chi connectivity index (χ4n) is 2.07. The van der Waals surface area contributed by atoms with Crippen LogP contribution in [-0.2, 0) is 9.84 Å². The molecular formula is C15H12FN3O2S. The van der Waals surface area contributed by atoms with Gasteiger partial charge in [-0.1, -0.05) is 0 Å². The van der Waals surface area contributed by atoms with Gasteiger partial charge in [0, 0.05) is 29.8 Å². The molecule has 0 saturated carbocycles. The number of hydrogen-bond donors (Lipinski definition) is 1. The molecular weight excluding hydrogens is 305 g/mol. The lowest BCUT2D eigenvalue weighted by molar-refractivity contribution is 0.595. The number of aromatic amines is 1. The van der Waals surface area contributed by atoms with Crippen LogP contribution in [0.4, 0.5) is 4.39 Å². The normalized spacial score (nSPS) is 11.5. The predicted molar refractivity (Wildman–Crippen MR) is 80.3 cm³/mol. The summed E-state index contributed by atoms with van der Waals surface area (Å²) in [7, 11) is -3.49. The molecule has 112 valence electrons. The maximum atomic E-state index is 13.1. The Balaban J connectivity index is 2.24. The standard InChI is InChI=1S/C15H12FN3O2S/c1-22(20,21)15-18-13(10-2-4-12(16)5-3-10)14(19-15)11-6-8-17-9-7-11/h2-9H,1H3,(H,18,19). The Morgan fingerprint density at radius 3 is 2.23 bits per heavy atom. The zero-order valence-electron chi connectivity index (χ0n) is 11.6. The summed E-state index contributed by atoms with van der Waals surface area (Å²) < 4.78 is 36.6. The van der Waals surface area contributed by atoms with Crippen LogP contribution in [0.3, 0.4) is 0 Å². The third kappa shape index (κ3) is 2.75. The Bertz CT molecular complexity index is 904. The van der Waals surface area contributed by atoms with Gasteiger partial charge in [-0.15, -0.1) is 0 Å². The first-order valence-corrected chi connectivity index (χ1v) is 8.31. The van der Waals surface area contributed by atoms with Gasteiger partial charge in [-0.2, -0.15) is 0 Å². The number of imidazole rings is 1. The molecule has 22 heavy (non-hydrogen) atoms. The van der Waals surface area contributed by atoms with Crippen LogP contribution in [-0.4, -0.2) is 29.6 Å². The lowest BCUT2D eigenvalue weighted by Gasteiger charge is -2.02. The largest absolute Gasteiger partial charge is 0.328 e. The van der Waals surface area contributed by atoms with Gasteiger partial charge < -0.3 is 4.98 Å². The van der Waals surface area contributed by atoms with Crippen molar-refractivity contribution in [1.29, 1.82) is 0 Å². The van der Waals surface area contributed by atoms with E-state index in [0.717, 1.165) is 11.8 Å². The molecule has 2 heterocycles. The van der Waals surface area contributed by atoms with Gasteiger partial charge in [0.25, 0.3) is 0 Å². The van der Waals surface area contributed by atoms with Crippen molar-refractivity contribution in [2.45, 2.75) is 5.16 Å². The molecule has 0 unspecified atom stereocenters. The van der Waals surface area contributed by atoms with Crippen LogP contribution in [0.25, 0.3) is 22.5 Å². The van der Waals surface area contributed by atoms with Crippen molar-refractivity contribution in [1.82, 2.24) is 15.0 Å². The second-order valence-electron chi connectivity index (χ2n) is 4.78. The van der Waals surface area contributed by atoms with Gasteiger partial charge in [0.05, 0.1) is 11.4 Å². The highest BCUT2D eigenvalue weighted by Crippen LogP contribution is 2.30. The van der Waals surface area contributed by atoms with Gasteiger partial charge in [0.2, 0.25) is 15.0 Å². The van der Waals surface area contributed by atoms with Crippen molar-refractivity contribution < 1.29 is 12.8 Å². The first kappa shape index (κ1) is 14.4. The van der Waals surface area contributed by atoms with Crippen LogP contribution < -0.4 is 0 Å². The van der Waals surface area contributed by atoms with Crippen LogP contribution in [0.1, 0.15) is 0 Å². The van der Waals surface area contributed by atoms with Gasteiger partial charge in [0.1, 0.15) is 5.82 Å². The second-order valence-corrected chi connectivity index (χ2v) is 6.71. The van der Waals surface area contributed by atoms with E-state index in [9.17, 15) is 12.8 Å². The monoisotopic (exact) mass is 317 g/mol. The Morgan fingerprint density at radius 1 is 1.00 bits per heavy atom. The van der Waals surface area contributed by atoms with Gasteiger partial charge >= 0.3 is 0 Å². The summed E-state index contributed by atoms with van der Waals surface area (Å²) in [4.78, 5) is 10.9. The number of benzene rings is 1. The summed E-state index contributed by atoms with van der Waals surface area (Å²) in [5.41, 5.74) is 2.37. The average Bonchev–Trinajstić information content (AvgIpc) is 2.94. The van der Waals surface area contributed by atoms with E-state index >= 15 is 0 Å². The Kier molecular flexibility index (Phi) is 3.50. The number of H-pyrrole nitrogens is 1. The minimum Gasteiger partial charge on any atom is -0.328 e. The highest BCUT2D eigenvalue weighted by atomic mass is 32.2. The topological polar surface area (TPSA) is 75.7 Å². The quantitative estimate of drug-likeness (QED) is 0.806. The molecule has 0 aliphatic rings. The zero-order valence-corrected chi connectivity index (χ0v) is 12.4. The number of nitrogens with one attached hydrogen (secondary N) is 1. The molecule has 0 fully saturated rings. The molecule has 3 rings (SSSR count). The molecule has 0 bridgehead atoms. The number of rotatable bonds is 3. The summed E-state index contributed by atoms with van der Waals surface area (Å²) in [5, 5.41) is -0.126. The number of pyridine rings is 1. The van der Waals surface area contributed by atoms with E-state index < -0.39 is 9.84 Å². The number of aromatic nitrogens is 3. The summed E-state index contributed by atoms with van der Waals surface area (Å²) in [6.45, 7) is 0. The molecule has 3 aromatic rings. The molecule has 1 N–H and O–H groups in total. The summed E-state index contributed by atoms with van der Waals surface area (Å²) in [6.07, 6.45) is 4.28. The molecule has 7 heteroatoms. The highest BCUT2D eigenvalue weighted by Gasteiger charge is 2.19. The Labute approximate surface area is 126 Å². The van der Waals surface area contributed by atoms with Crippen LogP contribution >= 0.6 is 0 Å². The maximum Gasteiger partial charge on any atom is 0.225 e. The first-order chi connectivity index (χ1) is 10.4. The first-order valence-electron chi connectivity index (χ1n) is 6.41. The SMILES string of the molecule is CS(=O)(=O)c1nc(-c2ccc(F)cc2)c(-c2ccncc2)[nH]1. The van der Waals surface area contributed by atoms with Crippen molar-refractivity contribution in [2.75, 3.05) is 6.26 Å². The predicted octanol–water partition coefficient (Wildman–Crippen LogP) is 2.68. The molecule has 0 radical (unpaired) electrons. The maximum absolute atomic E-state index is 13.1. The third-order valence-corrected chi connectivity index (χ3v) is 4.02. The number of hydrogen-bond acceptors (Lipinski definition) is 4. The molecule has 1 aromatic carbocycles. The van der Waals surface area contributed by atoms with Gasteiger partial charge in [-0.3, -0.25) is 4.98 Å². The Morgan fingerprint density at radius 2 is 1.64 bits per heavy atom. The smallest absolute Gasteiger partial charge is 0.225 e. The molecule has 0 spiro atoms. The number of nitrogens with zero attached hydrogens (tertiary/aromatic N) is 2. The van der Waals surface area contributed by atoms with E-state index in [1.807, 2.05) is 0 Å². The van der Waals surface area contributed by atoms with Gasteiger partial charge in [0.15, 0.2) is 0 Å². The summed E-state index contributed by atoms with van der Waals surface area (Å²) in [5.74, 6) is -0.368. The van der Waals surface area contributed by atoms with E-state index in [2.05, 4.69) is 15.0 Å². The third-order valence-electron chi connectivity index (χ3n) is 3.12. The van der Waals surface area contributed by atoms with Crippen molar-refractivity contribution in [3.63, 3.8) is 0 Å². The van der Waals surface area contributed by atoms with E-state index in [1.165, 1.54) is 12.1 Å². The van der Waals surface area contributed by atoms with E-state index in [1.54, 1.807) is 36.7 Å². The minimum atomic E-state index is -3.49. The lowest BCUT2D eigenvalue weighted by atomic mass is 10.1. The summed E-state index contributed by atoms with van der Waals surface area (Å²) in [6, 6.07) is 9.21. The van der Waals surface area contributed by atoms with Gasteiger partial charge in [-0.05, 0) is 36.4 Å². The lowest BCUT2D eigenvalue weighted by Crippen LogP contribution is -1.99. The fraction of sp³-hybridized carbons (Fsp3) is 0.0667. The molecule has 2 aromatic heterocycles.